The third-order valence-corrected chi connectivity index (χ3v) is 1.50. The first-order valence-corrected chi connectivity index (χ1v) is 2.89. The first kappa shape index (κ1) is 9.64. The van der Waals surface area contributed by atoms with Crippen molar-refractivity contribution < 1.29 is 21.1 Å². The fourth-order valence-corrected chi connectivity index (χ4v) is 0.660. The smallest absolute Gasteiger partial charge is 0.0422 e. The van der Waals surface area contributed by atoms with Crippen molar-refractivity contribution in [2.75, 3.05) is 5.73 Å². The molecular formula is C7H10N2Pt. The van der Waals surface area contributed by atoms with E-state index in [1.54, 1.807) is 6.20 Å². The van der Waals surface area contributed by atoms with Crippen LogP contribution in [0.2, 0.25) is 0 Å². The van der Waals surface area contributed by atoms with Crippen molar-refractivity contribution in [1.29, 1.82) is 0 Å². The van der Waals surface area contributed by atoms with Gasteiger partial charge in [-0.25, -0.2) is 0 Å². The molecule has 0 bridgehead atoms. The molecule has 1 aromatic rings. The molecule has 3 heteroatoms. The quantitative estimate of drug-likeness (QED) is 0.783. The number of pyridine rings is 1. The third-order valence-electron chi connectivity index (χ3n) is 1.50. The number of hydrogen-bond donors (Lipinski definition) is 1. The van der Waals surface area contributed by atoms with Crippen molar-refractivity contribution in [3.63, 3.8) is 0 Å². The molecule has 0 unspecified atom stereocenters. The second kappa shape index (κ2) is 3.72. The number of aryl methyl sites for hydroxylation is 1. The monoisotopic (exact) mass is 317 g/mol. The van der Waals surface area contributed by atoms with Gasteiger partial charge in [-0.05, 0) is 25.5 Å². The summed E-state index contributed by atoms with van der Waals surface area (Å²) in [6.45, 7) is 3.92. The molecule has 2 N–H and O–H groups in total. The van der Waals surface area contributed by atoms with Gasteiger partial charge in [0.2, 0.25) is 0 Å². The van der Waals surface area contributed by atoms with E-state index in [1.165, 1.54) is 0 Å². The Labute approximate surface area is 75.1 Å². The van der Waals surface area contributed by atoms with E-state index in [2.05, 4.69) is 4.98 Å². The van der Waals surface area contributed by atoms with E-state index in [0.717, 1.165) is 16.9 Å². The summed E-state index contributed by atoms with van der Waals surface area (Å²) in [6, 6.07) is 1.81. The van der Waals surface area contributed by atoms with Crippen LogP contribution in [0, 0.1) is 13.8 Å². The summed E-state index contributed by atoms with van der Waals surface area (Å²) in [7, 11) is 0. The SMILES string of the molecule is Cc1nccc(N)c1C.[Pt]. The molecule has 1 heterocycles. The van der Waals surface area contributed by atoms with Crippen LogP contribution in [0.5, 0.6) is 0 Å². The zero-order valence-electron chi connectivity index (χ0n) is 6.00. The van der Waals surface area contributed by atoms with E-state index in [1.807, 2.05) is 19.9 Å². The predicted octanol–water partition coefficient (Wildman–Crippen LogP) is 1.28. The average molecular weight is 317 g/mol. The Morgan fingerprint density at radius 3 is 2.40 bits per heavy atom. The number of nitrogens with zero attached hydrogens (tertiary/aromatic N) is 1. The van der Waals surface area contributed by atoms with E-state index >= 15 is 0 Å². The minimum Gasteiger partial charge on any atom is -0.398 e. The molecule has 0 amide bonds. The molecule has 0 aliphatic rings. The molecule has 0 atom stereocenters. The van der Waals surface area contributed by atoms with Gasteiger partial charge in [-0.15, -0.1) is 0 Å². The zero-order valence-corrected chi connectivity index (χ0v) is 8.27. The molecule has 2 nitrogen and oxygen atoms in total. The maximum absolute atomic E-state index is 5.58. The number of anilines is 1. The molecule has 1 aromatic heterocycles. The summed E-state index contributed by atoms with van der Waals surface area (Å²) in [4.78, 5) is 4.06. The van der Waals surface area contributed by atoms with Crippen LogP contribution >= 0.6 is 0 Å². The number of hydrogen-bond acceptors (Lipinski definition) is 2. The minimum atomic E-state index is 0. The molecule has 1 rings (SSSR count). The first-order chi connectivity index (χ1) is 4.22. The molecule has 0 saturated heterocycles. The fourth-order valence-electron chi connectivity index (χ4n) is 0.660. The maximum Gasteiger partial charge on any atom is 0.0422 e. The Hall–Kier alpha value is -0.362. The molecule has 0 aromatic carbocycles. The van der Waals surface area contributed by atoms with Gasteiger partial charge in [0.15, 0.2) is 0 Å². The molecule has 0 radical (unpaired) electrons. The van der Waals surface area contributed by atoms with Crippen molar-refractivity contribution in [3.8, 4) is 0 Å². The van der Waals surface area contributed by atoms with Crippen LogP contribution in [0.15, 0.2) is 12.3 Å². The van der Waals surface area contributed by atoms with Gasteiger partial charge in [0.25, 0.3) is 0 Å². The van der Waals surface area contributed by atoms with Crippen LogP contribution in [-0.4, -0.2) is 4.98 Å². The minimum absolute atomic E-state index is 0. The molecule has 0 fully saturated rings. The molecule has 58 valence electrons. The first-order valence-electron chi connectivity index (χ1n) is 2.89. The van der Waals surface area contributed by atoms with Gasteiger partial charge >= 0.3 is 0 Å². The molecule has 0 saturated carbocycles. The van der Waals surface area contributed by atoms with Crippen LogP contribution < -0.4 is 5.73 Å². The summed E-state index contributed by atoms with van der Waals surface area (Å²) < 4.78 is 0. The Morgan fingerprint density at radius 2 is 2.00 bits per heavy atom. The summed E-state index contributed by atoms with van der Waals surface area (Å²) in [6.07, 6.45) is 1.72. The van der Waals surface area contributed by atoms with Gasteiger partial charge in [-0.1, -0.05) is 0 Å². The van der Waals surface area contributed by atoms with Crippen LogP contribution in [-0.2, 0) is 21.1 Å². The maximum atomic E-state index is 5.58. The van der Waals surface area contributed by atoms with Gasteiger partial charge < -0.3 is 5.73 Å². The van der Waals surface area contributed by atoms with Crippen molar-refractivity contribution in [1.82, 2.24) is 4.98 Å². The molecular weight excluding hydrogens is 307 g/mol. The molecule has 0 aliphatic carbocycles. The van der Waals surface area contributed by atoms with Crippen LogP contribution in [0.4, 0.5) is 5.69 Å². The van der Waals surface area contributed by atoms with Crippen molar-refractivity contribution in [3.05, 3.63) is 23.5 Å². The van der Waals surface area contributed by atoms with E-state index in [4.69, 9.17) is 5.73 Å². The largest absolute Gasteiger partial charge is 0.398 e. The van der Waals surface area contributed by atoms with Crippen LogP contribution in [0.3, 0.4) is 0 Å². The Morgan fingerprint density at radius 1 is 1.40 bits per heavy atom. The molecule has 0 spiro atoms. The average Bonchev–Trinajstić information content (AvgIpc) is 1.83. The standard InChI is InChI=1S/C7H10N2.Pt/c1-5-6(2)9-4-3-7(5)8;/h3-4H,1-2H3,(H2,8,9);. The predicted molar refractivity (Wildman–Crippen MR) is 38.1 cm³/mol. The number of nitrogens with two attached hydrogens (primary N) is 1. The Bertz CT molecular complexity index is 203. The normalized spacial score (nSPS) is 8.60. The molecule has 0 aliphatic heterocycles. The van der Waals surface area contributed by atoms with Crippen molar-refractivity contribution >= 4 is 5.69 Å². The number of aromatic nitrogens is 1. The Kier molecular flexibility index (Phi) is 3.59. The van der Waals surface area contributed by atoms with Crippen molar-refractivity contribution in [2.45, 2.75) is 13.8 Å². The summed E-state index contributed by atoms with van der Waals surface area (Å²) in [5.74, 6) is 0. The zero-order chi connectivity index (χ0) is 6.85. The second-order valence-corrected chi connectivity index (χ2v) is 2.11. The van der Waals surface area contributed by atoms with Gasteiger partial charge in [0, 0.05) is 38.6 Å². The summed E-state index contributed by atoms with van der Waals surface area (Å²) >= 11 is 0. The van der Waals surface area contributed by atoms with Crippen LogP contribution in [0.1, 0.15) is 11.3 Å². The van der Waals surface area contributed by atoms with E-state index in [0.29, 0.717) is 0 Å². The Balaban J connectivity index is 0.000000810. The van der Waals surface area contributed by atoms with Gasteiger partial charge in [0.05, 0.1) is 0 Å². The fraction of sp³-hybridized carbons (Fsp3) is 0.286. The molecule has 10 heavy (non-hydrogen) atoms. The number of rotatable bonds is 0. The van der Waals surface area contributed by atoms with E-state index in [-0.39, 0.29) is 21.1 Å². The van der Waals surface area contributed by atoms with Gasteiger partial charge in [-0.2, -0.15) is 0 Å². The van der Waals surface area contributed by atoms with Crippen LogP contribution in [0.25, 0.3) is 0 Å². The van der Waals surface area contributed by atoms with E-state index in [9.17, 15) is 0 Å². The summed E-state index contributed by atoms with van der Waals surface area (Å²) in [5.41, 5.74) is 8.49. The second-order valence-electron chi connectivity index (χ2n) is 2.11. The topological polar surface area (TPSA) is 38.9 Å². The van der Waals surface area contributed by atoms with Crippen molar-refractivity contribution in [2.24, 2.45) is 0 Å². The van der Waals surface area contributed by atoms with Gasteiger partial charge in [0.1, 0.15) is 0 Å². The van der Waals surface area contributed by atoms with Gasteiger partial charge in [-0.3, -0.25) is 4.98 Å². The number of nitrogen functional groups attached to an aromatic ring is 1. The van der Waals surface area contributed by atoms with E-state index < -0.39 is 0 Å². The summed E-state index contributed by atoms with van der Waals surface area (Å²) in [5, 5.41) is 0. The third kappa shape index (κ3) is 1.81.